The average Bonchev–Trinajstić information content (AvgIpc) is 3.32. The second-order valence-corrected chi connectivity index (χ2v) is 6.62. The van der Waals surface area contributed by atoms with Gasteiger partial charge in [0.15, 0.2) is 5.69 Å². The molecule has 0 amide bonds. The molecule has 1 aliphatic rings. The Hall–Kier alpha value is -3.13. The van der Waals surface area contributed by atoms with Gasteiger partial charge in [0, 0.05) is 5.56 Å². The zero-order valence-electron chi connectivity index (χ0n) is 13.8. The summed E-state index contributed by atoms with van der Waals surface area (Å²) in [6.45, 7) is 2.28. The van der Waals surface area contributed by atoms with Crippen LogP contribution >= 0.6 is 11.3 Å². The molecule has 0 atom stereocenters. The van der Waals surface area contributed by atoms with Gasteiger partial charge in [0.2, 0.25) is 11.6 Å². The van der Waals surface area contributed by atoms with Gasteiger partial charge in [-0.3, -0.25) is 9.59 Å². The van der Waals surface area contributed by atoms with Crippen molar-refractivity contribution in [1.82, 2.24) is 15.0 Å². The first-order valence-electron chi connectivity index (χ1n) is 8.02. The minimum atomic E-state index is -0.409. The lowest BCUT2D eigenvalue weighted by Crippen LogP contribution is -2.21. The van der Waals surface area contributed by atoms with E-state index in [1.165, 1.54) is 16.0 Å². The number of hydrogen-bond donors (Lipinski definition) is 0. The van der Waals surface area contributed by atoms with Crippen LogP contribution in [0.5, 0.6) is 0 Å². The molecule has 7 nitrogen and oxygen atoms in total. The first-order valence-corrected chi connectivity index (χ1v) is 8.90. The summed E-state index contributed by atoms with van der Waals surface area (Å²) < 4.78 is 6.42. The monoisotopic (exact) mass is 367 g/mol. The maximum Gasteiger partial charge on any atom is 0.338 e. The second-order valence-electron chi connectivity index (χ2n) is 5.70. The van der Waals surface area contributed by atoms with E-state index in [-0.39, 0.29) is 23.0 Å². The first kappa shape index (κ1) is 16.3. The van der Waals surface area contributed by atoms with E-state index in [2.05, 4.69) is 10.3 Å². The molecule has 0 fully saturated rings. The molecule has 0 unspecified atom stereocenters. The molecule has 0 radical (unpaired) electrons. The predicted octanol–water partition coefficient (Wildman–Crippen LogP) is 2.67. The molecule has 2 aromatic heterocycles. The van der Waals surface area contributed by atoms with Crippen molar-refractivity contribution in [1.29, 1.82) is 0 Å². The largest absolute Gasteiger partial charge is 0.462 e. The Labute approximate surface area is 152 Å². The Morgan fingerprint density at radius 1 is 1.15 bits per heavy atom. The van der Waals surface area contributed by atoms with Crippen molar-refractivity contribution in [3.05, 3.63) is 63.1 Å². The van der Waals surface area contributed by atoms with Gasteiger partial charge in [-0.1, -0.05) is 12.1 Å². The average molecular weight is 367 g/mol. The van der Waals surface area contributed by atoms with Gasteiger partial charge in [-0.05, 0) is 42.1 Å². The number of nitrogens with zero attached hydrogens (tertiary/aromatic N) is 3. The summed E-state index contributed by atoms with van der Waals surface area (Å²) in [5, 5.41) is 9.58. The third-order valence-electron chi connectivity index (χ3n) is 4.00. The Morgan fingerprint density at radius 3 is 2.65 bits per heavy atom. The quantitative estimate of drug-likeness (QED) is 0.515. The zero-order chi connectivity index (χ0) is 18.3. The Balaban J connectivity index is 1.70. The highest BCUT2D eigenvalue weighted by atomic mass is 32.1. The van der Waals surface area contributed by atoms with E-state index >= 15 is 0 Å². The highest BCUT2D eigenvalue weighted by Crippen LogP contribution is 2.30. The van der Waals surface area contributed by atoms with Crippen LogP contribution in [-0.2, 0) is 4.74 Å². The van der Waals surface area contributed by atoms with Crippen molar-refractivity contribution in [2.75, 3.05) is 6.61 Å². The van der Waals surface area contributed by atoms with Crippen molar-refractivity contribution in [2.24, 2.45) is 0 Å². The molecular weight excluding hydrogens is 354 g/mol. The summed E-state index contributed by atoms with van der Waals surface area (Å²) in [5.41, 5.74) is 1.50. The molecule has 0 saturated heterocycles. The zero-order valence-corrected chi connectivity index (χ0v) is 14.6. The van der Waals surface area contributed by atoms with Crippen molar-refractivity contribution in [3.63, 3.8) is 0 Å². The van der Waals surface area contributed by atoms with Crippen LogP contribution in [0, 0.1) is 0 Å². The SMILES string of the molecule is CCCOC(=O)c1ccc(-n2nnc3c2C(=O)c2ccsc2C3=O)cc1. The van der Waals surface area contributed by atoms with Gasteiger partial charge in [-0.2, -0.15) is 0 Å². The van der Waals surface area contributed by atoms with Gasteiger partial charge >= 0.3 is 5.97 Å². The molecule has 2 heterocycles. The highest BCUT2D eigenvalue weighted by molar-refractivity contribution is 7.12. The molecule has 26 heavy (non-hydrogen) atoms. The molecule has 0 N–H and O–H groups in total. The molecule has 3 aromatic rings. The summed E-state index contributed by atoms with van der Waals surface area (Å²) in [6, 6.07) is 8.09. The summed E-state index contributed by atoms with van der Waals surface area (Å²) in [6.07, 6.45) is 0.746. The van der Waals surface area contributed by atoms with Gasteiger partial charge in [-0.15, -0.1) is 16.4 Å². The number of hydrogen-bond acceptors (Lipinski definition) is 7. The van der Waals surface area contributed by atoms with Gasteiger partial charge in [-0.25, -0.2) is 9.48 Å². The highest BCUT2D eigenvalue weighted by Gasteiger charge is 2.36. The van der Waals surface area contributed by atoms with Crippen LogP contribution in [0.4, 0.5) is 0 Å². The smallest absolute Gasteiger partial charge is 0.338 e. The Kier molecular flexibility index (Phi) is 3.96. The number of benzene rings is 1. The van der Waals surface area contributed by atoms with Gasteiger partial charge < -0.3 is 4.74 Å². The number of fused-ring (bicyclic) bond motifs is 2. The number of thiophene rings is 1. The van der Waals surface area contributed by atoms with Crippen LogP contribution in [0.15, 0.2) is 35.7 Å². The maximum absolute atomic E-state index is 12.7. The number of carbonyl (C=O) groups excluding carboxylic acids is 3. The van der Waals surface area contributed by atoms with Gasteiger partial charge in [0.25, 0.3) is 0 Å². The van der Waals surface area contributed by atoms with E-state index < -0.39 is 5.97 Å². The number of ketones is 2. The van der Waals surface area contributed by atoms with Crippen LogP contribution in [0.2, 0.25) is 0 Å². The number of esters is 1. The standard InChI is InChI=1S/C18H13N3O4S/c1-2-8-25-18(24)10-3-5-11(6-4-10)21-14-13(19-20-21)16(23)17-12(15(14)22)7-9-26-17/h3-7,9H,2,8H2,1H3. The fraction of sp³-hybridized carbons (Fsp3) is 0.167. The molecule has 0 spiro atoms. The molecule has 0 aliphatic heterocycles. The molecule has 0 saturated carbocycles. The molecule has 8 heteroatoms. The third kappa shape index (κ3) is 2.46. The lowest BCUT2D eigenvalue weighted by Gasteiger charge is -2.11. The van der Waals surface area contributed by atoms with E-state index in [1.54, 1.807) is 35.7 Å². The number of carbonyl (C=O) groups is 3. The summed E-state index contributed by atoms with van der Waals surface area (Å²) in [4.78, 5) is 37.5. The Morgan fingerprint density at radius 2 is 1.92 bits per heavy atom. The summed E-state index contributed by atoms with van der Waals surface area (Å²) in [7, 11) is 0. The van der Waals surface area contributed by atoms with Crippen molar-refractivity contribution >= 4 is 28.9 Å². The van der Waals surface area contributed by atoms with E-state index in [1.807, 2.05) is 6.92 Å². The minimum absolute atomic E-state index is 0.0522. The lowest BCUT2D eigenvalue weighted by atomic mass is 9.97. The fourth-order valence-electron chi connectivity index (χ4n) is 2.74. The van der Waals surface area contributed by atoms with E-state index in [0.29, 0.717) is 28.3 Å². The number of aromatic nitrogens is 3. The van der Waals surface area contributed by atoms with Crippen LogP contribution in [-0.4, -0.2) is 39.1 Å². The van der Waals surface area contributed by atoms with Crippen LogP contribution in [0.1, 0.15) is 55.1 Å². The normalized spacial score (nSPS) is 12.7. The van der Waals surface area contributed by atoms with Crippen molar-refractivity contribution in [2.45, 2.75) is 13.3 Å². The van der Waals surface area contributed by atoms with Crippen molar-refractivity contribution in [3.8, 4) is 5.69 Å². The summed E-state index contributed by atoms with van der Waals surface area (Å²) >= 11 is 1.22. The second kappa shape index (κ2) is 6.30. The molecule has 4 rings (SSSR count). The number of ether oxygens (including phenoxy) is 1. The topological polar surface area (TPSA) is 91.2 Å². The molecule has 130 valence electrons. The van der Waals surface area contributed by atoms with Gasteiger partial charge in [0.1, 0.15) is 5.69 Å². The van der Waals surface area contributed by atoms with E-state index in [9.17, 15) is 14.4 Å². The van der Waals surface area contributed by atoms with Crippen LogP contribution in [0.25, 0.3) is 5.69 Å². The number of rotatable bonds is 4. The minimum Gasteiger partial charge on any atom is -0.462 e. The van der Waals surface area contributed by atoms with E-state index in [4.69, 9.17) is 4.74 Å². The van der Waals surface area contributed by atoms with Crippen LogP contribution < -0.4 is 0 Å². The van der Waals surface area contributed by atoms with E-state index in [0.717, 1.165) is 6.42 Å². The first-order chi connectivity index (χ1) is 12.6. The fourth-order valence-corrected chi connectivity index (χ4v) is 3.57. The maximum atomic E-state index is 12.7. The molecule has 1 aromatic carbocycles. The molecule has 0 bridgehead atoms. The molecule has 1 aliphatic carbocycles. The summed E-state index contributed by atoms with van der Waals surface area (Å²) in [5.74, 6) is -0.990. The van der Waals surface area contributed by atoms with Gasteiger partial charge in [0.05, 0.1) is 22.7 Å². The predicted molar refractivity (Wildman–Crippen MR) is 93.1 cm³/mol. The Bertz CT molecular complexity index is 1030. The van der Waals surface area contributed by atoms with Crippen molar-refractivity contribution < 1.29 is 19.1 Å². The molecular formula is C18H13N3O4S. The van der Waals surface area contributed by atoms with Crippen LogP contribution in [0.3, 0.4) is 0 Å². The lowest BCUT2D eigenvalue weighted by molar-refractivity contribution is 0.0505. The third-order valence-corrected chi connectivity index (χ3v) is 4.91.